The van der Waals surface area contributed by atoms with Crippen LogP contribution in [-0.4, -0.2) is 25.5 Å². The minimum Gasteiger partial charge on any atom is -0.352 e. The van der Waals surface area contributed by atoms with Crippen molar-refractivity contribution in [1.29, 1.82) is 0 Å². The maximum atomic E-state index is 11.7. The molecule has 98 valence electrons. The molecule has 0 bridgehead atoms. The van der Waals surface area contributed by atoms with Gasteiger partial charge in [-0.1, -0.05) is 24.5 Å². The summed E-state index contributed by atoms with van der Waals surface area (Å²) in [6.07, 6.45) is 9.14. The second-order valence-corrected chi connectivity index (χ2v) is 4.95. The number of halogens is 1. The van der Waals surface area contributed by atoms with Crippen molar-refractivity contribution in [3.63, 3.8) is 0 Å². The van der Waals surface area contributed by atoms with Crippen molar-refractivity contribution >= 4 is 18.3 Å². The Bertz CT molecular complexity index is 273. The minimum atomic E-state index is 0. The summed E-state index contributed by atoms with van der Waals surface area (Å²) in [7, 11) is 0. The fourth-order valence-corrected chi connectivity index (χ4v) is 2.59. The molecule has 0 aromatic heterocycles. The lowest BCUT2D eigenvalue weighted by Gasteiger charge is -2.15. The minimum absolute atomic E-state index is 0. The Labute approximate surface area is 110 Å². The first kappa shape index (κ1) is 14.5. The van der Waals surface area contributed by atoms with E-state index < -0.39 is 0 Å². The number of rotatable bonds is 4. The van der Waals surface area contributed by atoms with Crippen LogP contribution in [0.1, 0.15) is 38.5 Å². The Morgan fingerprint density at radius 3 is 2.82 bits per heavy atom. The molecule has 2 aliphatic rings. The first-order chi connectivity index (χ1) is 7.84. The Balaban J connectivity index is 0.00000144. The maximum absolute atomic E-state index is 11.7. The Morgan fingerprint density at radius 2 is 2.18 bits per heavy atom. The molecule has 1 saturated carbocycles. The van der Waals surface area contributed by atoms with Crippen LogP contribution >= 0.6 is 12.4 Å². The van der Waals surface area contributed by atoms with Crippen LogP contribution in [0.5, 0.6) is 0 Å². The van der Waals surface area contributed by atoms with Gasteiger partial charge in [0.1, 0.15) is 0 Å². The van der Waals surface area contributed by atoms with E-state index in [9.17, 15) is 4.79 Å². The molecule has 2 rings (SSSR count). The number of hydrogen-bond acceptors (Lipinski definition) is 2. The maximum Gasteiger partial charge on any atom is 0.220 e. The summed E-state index contributed by atoms with van der Waals surface area (Å²) in [6.45, 7) is 2.76. The lowest BCUT2D eigenvalue weighted by Crippen LogP contribution is -2.30. The third-order valence-electron chi connectivity index (χ3n) is 3.62. The van der Waals surface area contributed by atoms with Gasteiger partial charge < -0.3 is 10.6 Å². The first-order valence-corrected chi connectivity index (χ1v) is 6.50. The Hall–Kier alpha value is -0.540. The molecule has 1 amide bonds. The van der Waals surface area contributed by atoms with Crippen LogP contribution in [0, 0.1) is 5.92 Å². The van der Waals surface area contributed by atoms with E-state index in [1.54, 1.807) is 0 Å². The Morgan fingerprint density at radius 1 is 1.41 bits per heavy atom. The van der Waals surface area contributed by atoms with E-state index in [0.29, 0.717) is 5.92 Å². The van der Waals surface area contributed by atoms with Gasteiger partial charge in [0.05, 0.1) is 0 Å². The molecule has 0 radical (unpaired) electrons. The lowest BCUT2D eigenvalue weighted by molar-refractivity contribution is -0.121. The summed E-state index contributed by atoms with van der Waals surface area (Å²) in [5.74, 6) is 0.897. The molecule has 1 aliphatic heterocycles. The number of amides is 1. The SMILES string of the molecule is Cl.O=C(CC1CCCC1)NCC1=CCNCC1. The van der Waals surface area contributed by atoms with Crippen molar-refractivity contribution < 1.29 is 4.79 Å². The van der Waals surface area contributed by atoms with Gasteiger partial charge in [-0.15, -0.1) is 12.4 Å². The molecular weight excluding hydrogens is 236 g/mol. The summed E-state index contributed by atoms with van der Waals surface area (Å²) in [5, 5.41) is 6.32. The van der Waals surface area contributed by atoms with Gasteiger partial charge >= 0.3 is 0 Å². The molecule has 3 nitrogen and oxygen atoms in total. The molecular formula is C13H23ClN2O. The average molecular weight is 259 g/mol. The van der Waals surface area contributed by atoms with Crippen molar-refractivity contribution in [1.82, 2.24) is 10.6 Å². The van der Waals surface area contributed by atoms with Crippen molar-refractivity contribution in [2.24, 2.45) is 5.92 Å². The van der Waals surface area contributed by atoms with Crippen LogP contribution in [0.3, 0.4) is 0 Å². The van der Waals surface area contributed by atoms with Crippen molar-refractivity contribution in [2.45, 2.75) is 38.5 Å². The second kappa shape index (κ2) is 7.72. The van der Waals surface area contributed by atoms with Gasteiger partial charge in [0.25, 0.3) is 0 Å². The van der Waals surface area contributed by atoms with E-state index in [1.165, 1.54) is 31.3 Å². The van der Waals surface area contributed by atoms with Crippen molar-refractivity contribution in [2.75, 3.05) is 19.6 Å². The van der Waals surface area contributed by atoms with Crippen LogP contribution in [0.15, 0.2) is 11.6 Å². The zero-order chi connectivity index (χ0) is 11.2. The van der Waals surface area contributed by atoms with E-state index in [0.717, 1.165) is 32.5 Å². The van der Waals surface area contributed by atoms with Gasteiger partial charge in [0.15, 0.2) is 0 Å². The lowest BCUT2D eigenvalue weighted by atomic mass is 10.0. The molecule has 1 fully saturated rings. The quantitative estimate of drug-likeness (QED) is 0.758. The van der Waals surface area contributed by atoms with Gasteiger partial charge in [-0.3, -0.25) is 4.79 Å². The van der Waals surface area contributed by atoms with E-state index in [-0.39, 0.29) is 18.3 Å². The van der Waals surface area contributed by atoms with Crippen LogP contribution in [0.2, 0.25) is 0 Å². The smallest absolute Gasteiger partial charge is 0.220 e. The van der Waals surface area contributed by atoms with Gasteiger partial charge in [-0.05, 0) is 31.7 Å². The van der Waals surface area contributed by atoms with Crippen LogP contribution < -0.4 is 10.6 Å². The van der Waals surface area contributed by atoms with E-state index >= 15 is 0 Å². The molecule has 0 saturated heterocycles. The predicted octanol–water partition coefficient (Wildman–Crippen LogP) is 2.02. The summed E-state index contributed by atoms with van der Waals surface area (Å²) < 4.78 is 0. The third-order valence-corrected chi connectivity index (χ3v) is 3.62. The normalized spacial score (nSPS) is 20.6. The summed E-state index contributed by atoms with van der Waals surface area (Å²) in [5.41, 5.74) is 1.37. The zero-order valence-corrected chi connectivity index (χ0v) is 11.2. The fourth-order valence-electron chi connectivity index (χ4n) is 2.59. The molecule has 0 aromatic carbocycles. The molecule has 1 heterocycles. The highest BCUT2D eigenvalue weighted by molar-refractivity contribution is 5.85. The summed E-state index contributed by atoms with van der Waals surface area (Å²) >= 11 is 0. The average Bonchev–Trinajstić information content (AvgIpc) is 2.81. The Kier molecular flexibility index (Phi) is 6.60. The fraction of sp³-hybridized carbons (Fsp3) is 0.769. The van der Waals surface area contributed by atoms with Crippen LogP contribution in [0.4, 0.5) is 0 Å². The highest BCUT2D eigenvalue weighted by Crippen LogP contribution is 2.27. The standard InChI is InChI=1S/C13H22N2O.ClH/c16-13(9-11-3-1-2-4-11)15-10-12-5-7-14-8-6-12;/h5,11,14H,1-4,6-10H2,(H,15,16);1H. The van der Waals surface area contributed by atoms with Gasteiger partial charge in [0.2, 0.25) is 5.91 Å². The monoisotopic (exact) mass is 258 g/mol. The first-order valence-electron chi connectivity index (χ1n) is 6.50. The van der Waals surface area contributed by atoms with Gasteiger partial charge in [0, 0.05) is 19.5 Å². The highest BCUT2D eigenvalue weighted by Gasteiger charge is 2.18. The predicted molar refractivity (Wildman–Crippen MR) is 72.4 cm³/mol. The molecule has 2 N–H and O–H groups in total. The summed E-state index contributed by atoms with van der Waals surface area (Å²) in [4.78, 5) is 11.7. The summed E-state index contributed by atoms with van der Waals surface area (Å²) in [6, 6.07) is 0. The second-order valence-electron chi connectivity index (χ2n) is 4.95. The molecule has 1 aliphatic carbocycles. The van der Waals surface area contributed by atoms with Crippen LogP contribution in [0.25, 0.3) is 0 Å². The van der Waals surface area contributed by atoms with E-state index in [2.05, 4.69) is 16.7 Å². The number of nitrogens with one attached hydrogen (secondary N) is 2. The van der Waals surface area contributed by atoms with Gasteiger partial charge in [-0.25, -0.2) is 0 Å². The molecule has 17 heavy (non-hydrogen) atoms. The van der Waals surface area contributed by atoms with Crippen molar-refractivity contribution in [3.05, 3.63) is 11.6 Å². The number of carbonyl (C=O) groups excluding carboxylic acids is 1. The number of hydrogen-bond donors (Lipinski definition) is 2. The largest absolute Gasteiger partial charge is 0.352 e. The highest BCUT2D eigenvalue weighted by atomic mass is 35.5. The van der Waals surface area contributed by atoms with E-state index in [1.807, 2.05) is 0 Å². The van der Waals surface area contributed by atoms with E-state index in [4.69, 9.17) is 0 Å². The van der Waals surface area contributed by atoms with Crippen LogP contribution in [-0.2, 0) is 4.79 Å². The van der Waals surface area contributed by atoms with Crippen molar-refractivity contribution in [3.8, 4) is 0 Å². The molecule has 0 atom stereocenters. The molecule has 4 heteroatoms. The molecule has 0 aromatic rings. The number of carbonyl (C=O) groups is 1. The molecule has 0 unspecified atom stereocenters. The van der Waals surface area contributed by atoms with Gasteiger partial charge in [-0.2, -0.15) is 0 Å². The topological polar surface area (TPSA) is 41.1 Å². The third kappa shape index (κ3) is 5.09. The zero-order valence-electron chi connectivity index (χ0n) is 10.3. The molecule has 0 spiro atoms.